The van der Waals surface area contributed by atoms with Crippen molar-refractivity contribution in [2.45, 2.75) is 177 Å². The Morgan fingerprint density at radius 3 is 1.82 bits per heavy atom. The van der Waals surface area contributed by atoms with Crippen molar-refractivity contribution in [3.8, 4) is 0 Å². The van der Waals surface area contributed by atoms with Crippen LogP contribution >= 0.6 is 0 Å². The normalized spacial score (nSPS) is 42.0. The van der Waals surface area contributed by atoms with Crippen LogP contribution in [0.25, 0.3) is 0 Å². The summed E-state index contributed by atoms with van der Waals surface area (Å²) in [5.41, 5.74) is 6.02. The van der Waals surface area contributed by atoms with Crippen molar-refractivity contribution in [2.75, 3.05) is 0 Å². The number of carboxylic acids is 1. The van der Waals surface area contributed by atoms with Crippen molar-refractivity contribution in [3.05, 3.63) is 85.1 Å². The second-order valence-corrected chi connectivity index (χ2v) is 17.6. The molecule has 0 aromatic rings. The van der Waals surface area contributed by atoms with Crippen molar-refractivity contribution in [2.24, 2.45) is 23.5 Å². The number of allylic oxidation sites excluding steroid dienone is 12. The molecule has 2 saturated heterocycles. The number of carboxylic acid groups (broad SMARTS) is 1. The summed E-state index contributed by atoms with van der Waals surface area (Å²) in [6.07, 6.45) is 3.46. The standard InChI is InChI=1S/C47H73NO17/c1-27-17-15-13-11-9-7-5-6-8-10-12-14-16-18-34(64-46-44(58)41(48)43(57)30(4)63-46)24-38-40(45(59)60)37(54)26-47(61,65-38)25-33(51)22-36(53)35(52)20-19-31(49)21-32(50)23-39(55)62-29(3)28(2)42(27)56/h5-18,27-38,40-44,46,49-54,56-58,61H,19-26,48H2,1-4H3,(H,59,60)/t27-,28-,29-,30+,31+,32-,33-,34-,35+,36+,37-,38-,40+,41-,42+,43+,44-,46-,47+/m0/s1. The molecule has 3 aliphatic rings. The van der Waals surface area contributed by atoms with E-state index in [-0.39, 0.29) is 31.6 Å². The van der Waals surface area contributed by atoms with E-state index >= 15 is 0 Å². The molecule has 0 amide bonds. The predicted molar refractivity (Wildman–Crippen MR) is 237 cm³/mol. The highest BCUT2D eigenvalue weighted by molar-refractivity contribution is 5.71. The van der Waals surface area contributed by atoms with E-state index in [0.717, 1.165) is 0 Å². The van der Waals surface area contributed by atoms with Gasteiger partial charge in [-0.2, -0.15) is 0 Å². The van der Waals surface area contributed by atoms with Crippen LogP contribution in [-0.4, -0.2) is 166 Å². The van der Waals surface area contributed by atoms with Crippen LogP contribution in [0.4, 0.5) is 0 Å². The molecular formula is C47H73NO17. The van der Waals surface area contributed by atoms with Gasteiger partial charge in [0.25, 0.3) is 0 Å². The number of hydrogen-bond donors (Lipinski definition) is 12. The molecule has 65 heavy (non-hydrogen) atoms. The Morgan fingerprint density at radius 2 is 1.23 bits per heavy atom. The number of carbonyl (C=O) groups is 2. The maximum atomic E-state index is 12.6. The second-order valence-electron chi connectivity index (χ2n) is 17.6. The van der Waals surface area contributed by atoms with Gasteiger partial charge in [-0.3, -0.25) is 9.59 Å². The van der Waals surface area contributed by atoms with E-state index < -0.39 is 147 Å². The Morgan fingerprint density at radius 1 is 0.662 bits per heavy atom. The van der Waals surface area contributed by atoms with E-state index in [1.165, 1.54) is 13.0 Å². The minimum atomic E-state index is -2.33. The number of aliphatic hydroxyl groups is 10. The van der Waals surface area contributed by atoms with Gasteiger partial charge in [0.15, 0.2) is 12.1 Å². The number of carbonyl (C=O) groups excluding carboxylic acids is 1. The summed E-state index contributed by atoms with van der Waals surface area (Å²) >= 11 is 0. The van der Waals surface area contributed by atoms with Gasteiger partial charge in [-0.05, 0) is 33.1 Å². The SMILES string of the molecule is C[C@@H]1[C@H](O)[C@@H](C)C=CC=CC=CC=CC=CC=CC=C[C@H](O[C@@H]2O[C@H](C)[C@@H](O)[C@H](N)[C@@H]2O)C[C@@H]2O[C@](O)(C[C@@H](O)C[C@@H](O)[C@H](O)CC[C@@H](O)C[C@H](O)CC(=O)O[C@H]1C)C[C@H](O)[C@H]2C(=O)O. The molecule has 2 fully saturated rings. The van der Waals surface area contributed by atoms with Crippen molar-refractivity contribution < 1.29 is 84.7 Å². The molecule has 0 unspecified atom stereocenters. The van der Waals surface area contributed by atoms with Crippen LogP contribution in [0, 0.1) is 17.8 Å². The van der Waals surface area contributed by atoms with Gasteiger partial charge in [0, 0.05) is 37.5 Å². The summed E-state index contributed by atoms with van der Waals surface area (Å²) < 4.78 is 23.1. The largest absolute Gasteiger partial charge is 0.481 e. The van der Waals surface area contributed by atoms with Gasteiger partial charge in [0.2, 0.25) is 0 Å². The third-order valence-corrected chi connectivity index (χ3v) is 12.0. The highest BCUT2D eigenvalue weighted by Gasteiger charge is 2.51. The first-order valence-electron chi connectivity index (χ1n) is 22.3. The molecule has 0 aromatic carbocycles. The molecule has 19 atom stereocenters. The van der Waals surface area contributed by atoms with E-state index in [2.05, 4.69) is 0 Å². The summed E-state index contributed by atoms with van der Waals surface area (Å²) in [7, 11) is 0. The van der Waals surface area contributed by atoms with E-state index in [1.807, 2.05) is 19.1 Å². The van der Waals surface area contributed by atoms with Crippen molar-refractivity contribution in [1.29, 1.82) is 0 Å². The number of aliphatic hydroxyl groups excluding tert-OH is 9. The van der Waals surface area contributed by atoms with Crippen LogP contribution in [-0.2, 0) is 28.5 Å². The Hall–Kier alpha value is -3.44. The van der Waals surface area contributed by atoms with E-state index in [4.69, 9.17) is 24.7 Å². The van der Waals surface area contributed by atoms with Crippen molar-refractivity contribution >= 4 is 11.9 Å². The number of hydrogen-bond acceptors (Lipinski definition) is 17. The number of aliphatic carboxylic acids is 1. The second kappa shape index (κ2) is 27.4. The molecular weight excluding hydrogens is 851 g/mol. The van der Waals surface area contributed by atoms with Crippen LogP contribution < -0.4 is 5.73 Å². The lowest BCUT2D eigenvalue weighted by molar-refractivity contribution is -0.308. The number of rotatable bonds is 3. The highest BCUT2D eigenvalue weighted by Crippen LogP contribution is 2.38. The zero-order valence-electron chi connectivity index (χ0n) is 37.6. The summed E-state index contributed by atoms with van der Waals surface area (Å²) in [6, 6.07) is -1.15. The fourth-order valence-corrected chi connectivity index (χ4v) is 7.97. The Balaban J connectivity index is 1.86. The molecule has 3 heterocycles. The minimum Gasteiger partial charge on any atom is -0.481 e. The van der Waals surface area contributed by atoms with Crippen molar-refractivity contribution in [3.63, 3.8) is 0 Å². The number of fused-ring (bicyclic) bond motifs is 2. The smallest absolute Gasteiger partial charge is 0.311 e. The van der Waals surface area contributed by atoms with Gasteiger partial charge in [-0.1, -0.05) is 98.9 Å². The first-order valence-corrected chi connectivity index (χ1v) is 22.3. The molecule has 13 N–H and O–H groups in total. The quantitative estimate of drug-likeness (QED) is 0.174. The van der Waals surface area contributed by atoms with Gasteiger partial charge in [-0.15, -0.1) is 0 Å². The van der Waals surface area contributed by atoms with Crippen molar-refractivity contribution in [1.82, 2.24) is 0 Å². The van der Waals surface area contributed by atoms with Gasteiger partial charge in [0.05, 0.1) is 79.6 Å². The predicted octanol–water partition coefficient (Wildman–Crippen LogP) is 0.712. The van der Waals surface area contributed by atoms with Crippen LogP contribution in [0.3, 0.4) is 0 Å². The lowest BCUT2D eigenvalue weighted by Crippen LogP contribution is -2.61. The Kier molecular flexibility index (Phi) is 23.6. The van der Waals surface area contributed by atoms with Gasteiger partial charge in [-0.25, -0.2) is 0 Å². The lowest BCUT2D eigenvalue weighted by Gasteiger charge is -2.45. The maximum absolute atomic E-state index is 12.6. The molecule has 0 aromatic heterocycles. The van der Waals surface area contributed by atoms with E-state index in [1.54, 1.807) is 80.7 Å². The lowest BCUT2D eigenvalue weighted by atomic mass is 9.82. The fourth-order valence-electron chi connectivity index (χ4n) is 7.97. The Labute approximate surface area is 381 Å². The van der Waals surface area contributed by atoms with Gasteiger partial charge < -0.3 is 80.9 Å². The molecule has 368 valence electrons. The highest BCUT2D eigenvalue weighted by atomic mass is 16.7. The summed E-state index contributed by atoms with van der Waals surface area (Å²) in [4.78, 5) is 25.1. The molecule has 0 aliphatic carbocycles. The monoisotopic (exact) mass is 923 g/mol. The minimum absolute atomic E-state index is 0.107. The zero-order valence-corrected chi connectivity index (χ0v) is 37.6. The van der Waals surface area contributed by atoms with Crippen LogP contribution in [0.1, 0.15) is 79.1 Å². The molecule has 0 saturated carbocycles. The summed E-state index contributed by atoms with van der Waals surface area (Å²) in [5.74, 6) is -6.83. The topological polar surface area (TPSA) is 320 Å². The zero-order chi connectivity index (χ0) is 48.4. The first kappa shape index (κ1) is 55.9. The molecule has 3 aliphatic heterocycles. The van der Waals surface area contributed by atoms with E-state index in [9.17, 15) is 65.8 Å². The number of cyclic esters (lactones) is 1. The molecule has 18 nitrogen and oxygen atoms in total. The van der Waals surface area contributed by atoms with E-state index in [0.29, 0.717) is 0 Å². The summed E-state index contributed by atoms with van der Waals surface area (Å²) in [6.45, 7) is 6.74. The number of esters is 1. The number of nitrogens with two attached hydrogens (primary N) is 1. The van der Waals surface area contributed by atoms with Crippen LogP contribution in [0.5, 0.6) is 0 Å². The molecule has 0 spiro atoms. The first-order chi connectivity index (χ1) is 30.6. The maximum Gasteiger partial charge on any atom is 0.311 e. The molecule has 18 heteroatoms. The molecule has 0 radical (unpaired) electrons. The fraction of sp³-hybridized carbons (Fsp3) is 0.660. The van der Waals surface area contributed by atoms with Gasteiger partial charge in [0.1, 0.15) is 18.1 Å². The number of ether oxygens (including phenoxy) is 4. The Bertz CT molecular complexity index is 1670. The van der Waals surface area contributed by atoms with Gasteiger partial charge >= 0.3 is 11.9 Å². The van der Waals surface area contributed by atoms with Crippen LogP contribution in [0.2, 0.25) is 0 Å². The van der Waals surface area contributed by atoms with Crippen LogP contribution in [0.15, 0.2) is 85.1 Å². The molecule has 3 rings (SSSR count). The average molecular weight is 924 g/mol. The summed E-state index contributed by atoms with van der Waals surface area (Å²) in [5, 5.41) is 118. The molecule has 2 bridgehead atoms. The third kappa shape index (κ3) is 18.6. The average Bonchev–Trinajstić information content (AvgIpc) is 3.21. The third-order valence-electron chi connectivity index (χ3n) is 12.0.